The number of aliphatic hydroxyl groups is 1. The third-order valence-electron chi connectivity index (χ3n) is 9.38. The molecule has 2 aromatic carbocycles. The maximum atomic E-state index is 15.0. The van der Waals surface area contributed by atoms with Gasteiger partial charge in [-0.1, -0.05) is 51.1 Å². The SMILES string of the molecule is CC(C)(C)C(c1nn(-c2cc(F)ccc2F)cc1Cc1ccccc1)N(CCC(N)C(=O)NCCC(=O)NCCN1C(=O)CC(SC[C@H](N)C(=O)O)C1=O)C(=O)CO. The zero-order valence-corrected chi connectivity index (χ0v) is 33.3. The molecule has 1 aromatic heterocycles. The van der Waals surface area contributed by atoms with Crippen LogP contribution in [0.3, 0.4) is 0 Å². The van der Waals surface area contributed by atoms with Gasteiger partial charge < -0.3 is 37.2 Å². The van der Waals surface area contributed by atoms with E-state index < -0.39 is 82.5 Å². The van der Waals surface area contributed by atoms with E-state index in [0.29, 0.717) is 17.7 Å². The summed E-state index contributed by atoms with van der Waals surface area (Å²) in [4.78, 5) is 77.2. The van der Waals surface area contributed by atoms with Gasteiger partial charge in [-0.15, -0.1) is 11.8 Å². The molecule has 19 heteroatoms. The molecule has 1 saturated heterocycles. The number of nitrogens with one attached hydrogen (secondary N) is 2. The quantitative estimate of drug-likeness (QED) is 0.0883. The number of aliphatic hydroxyl groups excluding tert-OH is 1. The van der Waals surface area contributed by atoms with E-state index in [1.54, 1.807) is 6.20 Å². The Morgan fingerprint density at radius 3 is 2.40 bits per heavy atom. The molecule has 4 rings (SSSR count). The molecule has 1 fully saturated rings. The molecule has 0 saturated carbocycles. The Bertz CT molecular complexity index is 1960. The van der Waals surface area contributed by atoms with E-state index in [9.17, 15) is 42.7 Å². The summed E-state index contributed by atoms with van der Waals surface area (Å²) in [5.41, 5.74) is 12.7. The molecule has 0 bridgehead atoms. The minimum absolute atomic E-state index is 0.0397. The first-order valence-corrected chi connectivity index (χ1v) is 19.7. The van der Waals surface area contributed by atoms with E-state index in [1.165, 1.54) is 9.58 Å². The second kappa shape index (κ2) is 20.4. The standard InChI is InChI=1S/C39H50F2N8O8S/c1-39(2,3)35(34-24(17-23-7-5-4-6-8-23)20-49(46-34)29-18-25(40)9-10-26(29)41)47(33(53)21-50)15-12-27(42)36(54)45-13-11-31(51)44-14-16-48-32(52)19-30(37(48)55)58-22-28(43)38(56)57/h4-10,18,20,27-28,30,35,50H,11-17,19,21-22,42-43H2,1-3H3,(H,44,51)(H,45,54)(H,56,57)/t27?,28-,30?,35?/m0/s1. The van der Waals surface area contributed by atoms with Gasteiger partial charge in [-0.2, -0.15) is 5.10 Å². The molecule has 3 aromatic rings. The molecule has 0 spiro atoms. The molecule has 1 aliphatic rings. The van der Waals surface area contributed by atoms with Crippen LogP contribution in [0.15, 0.2) is 54.7 Å². The molecular formula is C39H50F2N8O8S. The highest BCUT2D eigenvalue weighted by atomic mass is 32.2. The average Bonchev–Trinajstić information content (AvgIpc) is 3.70. The van der Waals surface area contributed by atoms with Crippen LogP contribution >= 0.6 is 11.8 Å². The number of hydrogen-bond donors (Lipinski definition) is 6. The van der Waals surface area contributed by atoms with Crippen molar-refractivity contribution in [2.75, 3.05) is 38.5 Å². The van der Waals surface area contributed by atoms with Crippen LogP contribution in [0.2, 0.25) is 0 Å². The van der Waals surface area contributed by atoms with E-state index in [2.05, 4.69) is 10.6 Å². The van der Waals surface area contributed by atoms with Crippen molar-refractivity contribution in [1.29, 1.82) is 0 Å². The van der Waals surface area contributed by atoms with E-state index >= 15 is 0 Å². The Balaban J connectivity index is 1.37. The third kappa shape index (κ3) is 12.1. The molecular weight excluding hydrogens is 779 g/mol. The number of benzene rings is 2. The zero-order valence-electron chi connectivity index (χ0n) is 32.5. The maximum absolute atomic E-state index is 15.0. The lowest BCUT2D eigenvalue weighted by Crippen LogP contribution is -2.47. The van der Waals surface area contributed by atoms with Crippen molar-refractivity contribution >= 4 is 47.3 Å². The van der Waals surface area contributed by atoms with Crippen molar-refractivity contribution in [3.63, 3.8) is 0 Å². The number of carbonyl (C=O) groups excluding carboxylic acids is 5. The van der Waals surface area contributed by atoms with Crippen molar-refractivity contribution < 1.29 is 47.8 Å². The van der Waals surface area contributed by atoms with Crippen LogP contribution in [0.1, 0.15) is 62.9 Å². The number of rotatable bonds is 20. The van der Waals surface area contributed by atoms with Crippen LogP contribution in [-0.4, -0.2) is 121 Å². The number of thioether (sulfide) groups is 1. The van der Waals surface area contributed by atoms with Gasteiger partial charge in [0.1, 0.15) is 30.0 Å². The fourth-order valence-corrected chi connectivity index (χ4v) is 7.56. The molecule has 4 atom stereocenters. The summed E-state index contributed by atoms with van der Waals surface area (Å²) in [6.07, 6.45) is 1.61. The maximum Gasteiger partial charge on any atom is 0.321 e. The molecule has 0 aliphatic carbocycles. The summed E-state index contributed by atoms with van der Waals surface area (Å²) in [7, 11) is 0. The smallest absolute Gasteiger partial charge is 0.321 e. The Kier molecular flexibility index (Phi) is 16.0. The average molecular weight is 829 g/mol. The van der Waals surface area contributed by atoms with Gasteiger partial charge in [0.25, 0.3) is 0 Å². The van der Waals surface area contributed by atoms with Crippen molar-refractivity contribution in [3.05, 3.63) is 83.2 Å². The molecule has 3 unspecified atom stereocenters. The summed E-state index contributed by atoms with van der Waals surface area (Å²) < 4.78 is 30.5. The summed E-state index contributed by atoms with van der Waals surface area (Å²) in [5.74, 6) is -5.32. The second-order valence-corrected chi connectivity index (χ2v) is 16.1. The summed E-state index contributed by atoms with van der Waals surface area (Å²) in [6, 6.07) is 9.24. The van der Waals surface area contributed by atoms with Crippen LogP contribution in [0.5, 0.6) is 0 Å². The topological polar surface area (TPSA) is 243 Å². The lowest BCUT2D eigenvalue weighted by atomic mass is 9.81. The first-order valence-electron chi connectivity index (χ1n) is 18.6. The molecule has 5 amide bonds. The summed E-state index contributed by atoms with van der Waals surface area (Å²) >= 11 is 0.990. The number of imide groups is 1. The Morgan fingerprint density at radius 2 is 1.74 bits per heavy atom. The Morgan fingerprint density at radius 1 is 1.03 bits per heavy atom. The highest BCUT2D eigenvalue weighted by Crippen LogP contribution is 2.40. The van der Waals surface area contributed by atoms with Crippen LogP contribution in [0, 0.1) is 17.0 Å². The number of carboxylic acid groups (broad SMARTS) is 1. The lowest BCUT2D eigenvalue weighted by Gasteiger charge is -2.40. The monoisotopic (exact) mass is 828 g/mol. The highest BCUT2D eigenvalue weighted by Gasteiger charge is 2.40. The van der Waals surface area contributed by atoms with Crippen LogP contribution in [0.25, 0.3) is 5.69 Å². The van der Waals surface area contributed by atoms with Gasteiger partial charge in [0.15, 0.2) is 0 Å². The first-order chi connectivity index (χ1) is 27.4. The number of aliphatic carboxylic acids is 1. The molecule has 16 nitrogen and oxygen atoms in total. The van der Waals surface area contributed by atoms with Gasteiger partial charge in [-0.3, -0.25) is 33.7 Å². The van der Waals surface area contributed by atoms with Crippen molar-refractivity contribution in [3.8, 4) is 5.69 Å². The molecule has 314 valence electrons. The molecule has 0 radical (unpaired) electrons. The van der Waals surface area contributed by atoms with Crippen LogP contribution in [0.4, 0.5) is 8.78 Å². The molecule has 8 N–H and O–H groups in total. The lowest BCUT2D eigenvalue weighted by molar-refractivity contribution is -0.140. The predicted octanol–water partition coefficient (Wildman–Crippen LogP) is 1.26. The number of carboxylic acids is 1. The fourth-order valence-electron chi connectivity index (χ4n) is 6.45. The number of likely N-dealkylation sites (tertiary alicyclic amines) is 1. The predicted molar refractivity (Wildman–Crippen MR) is 210 cm³/mol. The highest BCUT2D eigenvalue weighted by molar-refractivity contribution is 8.00. The fraction of sp³-hybridized carbons (Fsp3) is 0.462. The minimum Gasteiger partial charge on any atom is -0.480 e. The van der Waals surface area contributed by atoms with Gasteiger partial charge in [0.05, 0.1) is 23.0 Å². The van der Waals surface area contributed by atoms with E-state index in [0.717, 1.165) is 40.4 Å². The summed E-state index contributed by atoms with van der Waals surface area (Å²) in [6.45, 7) is 4.40. The Hall–Kier alpha value is -5.24. The number of hydrogen-bond acceptors (Lipinski definition) is 11. The van der Waals surface area contributed by atoms with Gasteiger partial charge in [-0.25, -0.2) is 13.5 Å². The van der Waals surface area contributed by atoms with Gasteiger partial charge >= 0.3 is 5.97 Å². The number of nitrogens with two attached hydrogens (primary N) is 2. The zero-order chi connectivity index (χ0) is 42.7. The van der Waals surface area contributed by atoms with Crippen molar-refractivity contribution in [2.24, 2.45) is 16.9 Å². The number of aromatic nitrogens is 2. The number of nitrogens with zero attached hydrogens (tertiary/aromatic N) is 4. The van der Waals surface area contributed by atoms with E-state index in [4.69, 9.17) is 21.7 Å². The molecule has 1 aliphatic heterocycles. The van der Waals surface area contributed by atoms with Crippen LogP contribution < -0.4 is 22.1 Å². The largest absolute Gasteiger partial charge is 0.480 e. The molecule has 2 heterocycles. The van der Waals surface area contributed by atoms with Gasteiger partial charge in [0.2, 0.25) is 29.5 Å². The van der Waals surface area contributed by atoms with E-state index in [-0.39, 0.29) is 56.9 Å². The summed E-state index contributed by atoms with van der Waals surface area (Å²) in [5, 5.41) is 28.1. The first kappa shape index (κ1) is 45.5. The van der Waals surface area contributed by atoms with Crippen molar-refractivity contribution in [2.45, 2.75) is 69.8 Å². The van der Waals surface area contributed by atoms with Crippen LogP contribution in [-0.2, 0) is 35.2 Å². The van der Waals surface area contributed by atoms with Gasteiger partial charge in [-0.05, 0) is 29.5 Å². The third-order valence-corrected chi connectivity index (χ3v) is 10.7. The van der Waals surface area contributed by atoms with Gasteiger partial charge in [0, 0.05) is 69.0 Å². The van der Waals surface area contributed by atoms with Crippen molar-refractivity contribution in [1.82, 2.24) is 30.2 Å². The molecule has 58 heavy (non-hydrogen) atoms. The minimum atomic E-state index is -1.22. The normalized spacial score (nSPS) is 15.9. The van der Waals surface area contributed by atoms with E-state index in [1.807, 2.05) is 51.1 Å². The Labute approximate surface area is 338 Å². The number of amides is 5. The number of halogens is 2. The second-order valence-electron chi connectivity index (χ2n) is 14.9. The number of carbonyl (C=O) groups is 6.